The number of alkyl halides is 1. The second-order valence-electron chi connectivity index (χ2n) is 2.92. The summed E-state index contributed by atoms with van der Waals surface area (Å²) in [6.07, 6.45) is 6.84. The Morgan fingerprint density at radius 3 is 3.08 bits per heavy atom. The minimum atomic E-state index is 0.439. The molecule has 0 amide bonds. The van der Waals surface area contributed by atoms with Crippen LogP contribution in [-0.2, 0) is 4.74 Å². The Labute approximate surface area is 78.9 Å². The van der Waals surface area contributed by atoms with Crippen LogP contribution in [0.2, 0.25) is 0 Å². The normalized spacial score (nSPS) is 23.9. The smallest absolute Gasteiger partial charge is 0.0700 e. The van der Waals surface area contributed by atoms with E-state index in [0.717, 1.165) is 19.7 Å². The Morgan fingerprint density at radius 1 is 1.50 bits per heavy atom. The highest BCUT2D eigenvalue weighted by atomic mass is 35.5. The first-order valence-corrected chi connectivity index (χ1v) is 5.00. The molecule has 1 aliphatic heterocycles. The third-order valence-corrected chi connectivity index (χ3v) is 2.09. The highest BCUT2D eigenvalue weighted by Crippen LogP contribution is 2.10. The molecule has 12 heavy (non-hydrogen) atoms. The first-order valence-electron chi connectivity index (χ1n) is 4.47. The van der Waals surface area contributed by atoms with Crippen molar-refractivity contribution in [2.45, 2.75) is 18.9 Å². The number of halogens is 1. The average Bonchev–Trinajstić information content (AvgIpc) is 2.57. The van der Waals surface area contributed by atoms with E-state index in [1.165, 1.54) is 12.8 Å². The third kappa shape index (κ3) is 4.10. The summed E-state index contributed by atoms with van der Waals surface area (Å²) in [6, 6.07) is 0. The Balaban J connectivity index is 1.91. The monoisotopic (exact) mass is 189 g/mol. The van der Waals surface area contributed by atoms with E-state index in [1.54, 1.807) is 0 Å². The van der Waals surface area contributed by atoms with Crippen molar-refractivity contribution < 1.29 is 4.74 Å². The van der Waals surface area contributed by atoms with Gasteiger partial charge in [-0.1, -0.05) is 12.2 Å². The molecule has 1 atom stereocenters. The van der Waals surface area contributed by atoms with Gasteiger partial charge in [-0.15, -0.1) is 11.6 Å². The molecule has 0 radical (unpaired) electrons. The van der Waals surface area contributed by atoms with Crippen LogP contribution in [0.15, 0.2) is 12.2 Å². The van der Waals surface area contributed by atoms with Crippen LogP contribution in [0.25, 0.3) is 0 Å². The summed E-state index contributed by atoms with van der Waals surface area (Å²) in [5.74, 6) is 0.599. The molecule has 0 aromatic carbocycles. The second kappa shape index (κ2) is 6.46. The van der Waals surface area contributed by atoms with E-state index in [9.17, 15) is 0 Å². The van der Waals surface area contributed by atoms with Crippen LogP contribution in [0.1, 0.15) is 12.8 Å². The van der Waals surface area contributed by atoms with E-state index >= 15 is 0 Å². The maximum Gasteiger partial charge on any atom is 0.0700 e. The molecule has 70 valence electrons. The van der Waals surface area contributed by atoms with Crippen LogP contribution in [-0.4, -0.2) is 31.7 Å². The summed E-state index contributed by atoms with van der Waals surface area (Å²) < 4.78 is 5.45. The molecule has 0 saturated carbocycles. The van der Waals surface area contributed by atoms with E-state index in [0.29, 0.717) is 12.0 Å². The number of ether oxygens (including phenoxy) is 1. The third-order valence-electron chi connectivity index (χ3n) is 1.91. The van der Waals surface area contributed by atoms with Crippen molar-refractivity contribution in [1.29, 1.82) is 0 Å². The molecular formula is C9H16ClNO. The van der Waals surface area contributed by atoms with Gasteiger partial charge in [-0.05, 0) is 12.8 Å². The summed E-state index contributed by atoms with van der Waals surface area (Å²) in [5, 5.41) is 3.29. The number of allylic oxidation sites excluding steroid dienone is 1. The predicted octanol–water partition coefficient (Wildman–Crippen LogP) is 1.55. The molecule has 1 fully saturated rings. The maximum atomic E-state index is 5.47. The predicted molar refractivity (Wildman–Crippen MR) is 51.7 cm³/mol. The highest BCUT2D eigenvalue weighted by Gasteiger charge is 2.13. The van der Waals surface area contributed by atoms with Crippen LogP contribution >= 0.6 is 11.6 Å². The van der Waals surface area contributed by atoms with Crippen LogP contribution < -0.4 is 5.32 Å². The lowest BCUT2D eigenvalue weighted by molar-refractivity contribution is 0.111. The summed E-state index contributed by atoms with van der Waals surface area (Å²) in [6.45, 7) is 2.79. The van der Waals surface area contributed by atoms with Gasteiger partial charge in [0.05, 0.1) is 6.10 Å². The Hall–Kier alpha value is -0.0500. The standard InChI is InChI=1S/C9H16ClNO/c10-5-1-2-6-11-8-9-4-3-7-12-9/h1-2,9,11H,3-8H2/b2-1+. The van der Waals surface area contributed by atoms with Gasteiger partial charge < -0.3 is 10.1 Å². The summed E-state index contributed by atoms with van der Waals surface area (Å²) in [5.41, 5.74) is 0. The molecule has 2 nitrogen and oxygen atoms in total. The van der Waals surface area contributed by atoms with Crippen LogP contribution in [0.4, 0.5) is 0 Å². The van der Waals surface area contributed by atoms with Gasteiger partial charge in [0, 0.05) is 25.6 Å². The zero-order chi connectivity index (χ0) is 8.65. The molecule has 3 heteroatoms. The van der Waals surface area contributed by atoms with Gasteiger partial charge in [-0.25, -0.2) is 0 Å². The van der Waals surface area contributed by atoms with Gasteiger partial charge in [0.15, 0.2) is 0 Å². The molecule has 0 aromatic rings. The molecule has 0 spiro atoms. The lowest BCUT2D eigenvalue weighted by Gasteiger charge is -2.08. The van der Waals surface area contributed by atoms with E-state index in [-0.39, 0.29) is 0 Å². The van der Waals surface area contributed by atoms with Gasteiger partial charge >= 0.3 is 0 Å². The van der Waals surface area contributed by atoms with Crippen molar-refractivity contribution in [2.24, 2.45) is 0 Å². The van der Waals surface area contributed by atoms with Gasteiger partial charge in [0.2, 0.25) is 0 Å². The van der Waals surface area contributed by atoms with Crippen molar-refractivity contribution in [3.05, 3.63) is 12.2 Å². The van der Waals surface area contributed by atoms with E-state index in [1.807, 2.05) is 12.2 Å². The summed E-state index contributed by atoms with van der Waals surface area (Å²) in [4.78, 5) is 0. The number of nitrogens with one attached hydrogen (secondary N) is 1. The van der Waals surface area contributed by atoms with Gasteiger partial charge in [0.25, 0.3) is 0 Å². The molecule has 1 aliphatic rings. The fraction of sp³-hybridized carbons (Fsp3) is 0.778. The van der Waals surface area contributed by atoms with Crippen molar-refractivity contribution in [1.82, 2.24) is 5.32 Å². The minimum Gasteiger partial charge on any atom is -0.377 e. The van der Waals surface area contributed by atoms with Gasteiger partial charge in [-0.2, -0.15) is 0 Å². The quantitative estimate of drug-likeness (QED) is 0.403. The van der Waals surface area contributed by atoms with Crippen molar-refractivity contribution in [3.8, 4) is 0 Å². The molecule has 1 N–H and O–H groups in total. The van der Waals surface area contributed by atoms with Crippen molar-refractivity contribution in [3.63, 3.8) is 0 Å². The largest absolute Gasteiger partial charge is 0.377 e. The fourth-order valence-corrected chi connectivity index (χ4v) is 1.41. The molecule has 1 rings (SSSR count). The van der Waals surface area contributed by atoms with Gasteiger partial charge in [-0.3, -0.25) is 0 Å². The SMILES string of the molecule is ClC/C=C/CNCC1CCCO1. The lowest BCUT2D eigenvalue weighted by Crippen LogP contribution is -2.26. The van der Waals surface area contributed by atoms with E-state index in [4.69, 9.17) is 16.3 Å². The first kappa shape index (κ1) is 10.0. The Bertz CT molecular complexity index is 132. The second-order valence-corrected chi connectivity index (χ2v) is 3.23. The zero-order valence-corrected chi connectivity index (χ0v) is 8.02. The van der Waals surface area contributed by atoms with Gasteiger partial charge in [0.1, 0.15) is 0 Å². The van der Waals surface area contributed by atoms with Crippen LogP contribution in [0.5, 0.6) is 0 Å². The molecule has 1 saturated heterocycles. The van der Waals surface area contributed by atoms with E-state index < -0.39 is 0 Å². The molecule has 1 heterocycles. The minimum absolute atomic E-state index is 0.439. The van der Waals surface area contributed by atoms with E-state index in [2.05, 4.69) is 5.32 Å². The average molecular weight is 190 g/mol. The zero-order valence-electron chi connectivity index (χ0n) is 7.26. The molecule has 1 unspecified atom stereocenters. The summed E-state index contributed by atoms with van der Waals surface area (Å²) >= 11 is 5.47. The van der Waals surface area contributed by atoms with Crippen LogP contribution in [0.3, 0.4) is 0 Å². The Morgan fingerprint density at radius 2 is 2.42 bits per heavy atom. The molecule has 0 bridgehead atoms. The van der Waals surface area contributed by atoms with Crippen LogP contribution in [0, 0.1) is 0 Å². The highest BCUT2D eigenvalue weighted by molar-refractivity contribution is 6.18. The molecular weight excluding hydrogens is 174 g/mol. The van der Waals surface area contributed by atoms with Crippen molar-refractivity contribution in [2.75, 3.05) is 25.6 Å². The number of rotatable bonds is 5. The lowest BCUT2D eigenvalue weighted by atomic mass is 10.2. The van der Waals surface area contributed by atoms with Crippen molar-refractivity contribution >= 4 is 11.6 Å². The molecule has 0 aliphatic carbocycles. The summed E-state index contributed by atoms with van der Waals surface area (Å²) in [7, 11) is 0. The number of hydrogen-bond acceptors (Lipinski definition) is 2. The fourth-order valence-electron chi connectivity index (χ4n) is 1.28. The first-order chi connectivity index (χ1) is 5.93. The maximum absolute atomic E-state index is 5.47. The number of hydrogen-bond donors (Lipinski definition) is 1. The molecule has 0 aromatic heterocycles. The Kier molecular flexibility index (Phi) is 5.41. The topological polar surface area (TPSA) is 21.3 Å².